The molecule has 0 aliphatic carbocycles. The van der Waals surface area contributed by atoms with Crippen molar-refractivity contribution < 1.29 is 14.3 Å². The van der Waals surface area contributed by atoms with Crippen LogP contribution in [0.15, 0.2) is 0 Å². The number of piperazine rings is 1. The minimum atomic E-state index is -0.844. The van der Waals surface area contributed by atoms with Crippen molar-refractivity contribution in [3.05, 3.63) is 0 Å². The summed E-state index contributed by atoms with van der Waals surface area (Å²) < 4.78 is 5.72. The molecule has 5 nitrogen and oxygen atoms in total. The number of ether oxygens (including phenoxy) is 1. The van der Waals surface area contributed by atoms with E-state index in [1.165, 1.54) is 0 Å². The van der Waals surface area contributed by atoms with Crippen LogP contribution in [0.5, 0.6) is 0 Å². The van der Waals surface area contributed by atoms with Crippen molar-refractivity contribution in [3.63, 3.8) is 0 Å². The van der Waals surface area contributed by atoms with Gasteiger partial charge in [0.25, 0.3) is 0 Å². The van der Waals surface area contributed by atoms with Gasteiger partial charge in [0, 0.05) is 6.54 Å². The highest BCUT2D eigenvalue weighted by molar-refractivity contribution is 5.99. The molecule has 0 radical (unpaired) electrons. The molecule has 1 fully saturated rings. The molecular formula is C16H30N2O3. The molecule has 0 saturated carbocycles. The van der Waals surface area contributed by atoms with Crippen molar-refractivity contribution in [2.24, 2.45) is 5.92 Å². The molecule has 0 bridgehead atoms. The van der Waals surface area contributed by atoms with Gasteiger partial charge in [-0.05, 0) is 40.5 Å². The summed E-state index contributed by atoms with van der Waals surface area (Å²) in [6.07, 6.45) is 0.850. The third-order valence-electron chi connectivity index (χ3n) is 3.89. The lowest BCUT2D eigenvalue weighted by Gasteiger charge is -2.45. The van der Waals surface area contributed by atoms with Gasteiger partial charge in [0.05, 0.1) is 12.2 Å². The van der Waals surface area contributed by atoms with Gasteiger partial charge in [0.2, 0.25) is 11.8 Å². The van der Waals surface area contributed by atoms with Crippen molar-refractivity contribution >= 4 is 11.8 Å². The predicted octanol–water partition coefficient (Wildman–Crippen LogP) is 1.95. The second-order valence-corrected chi connectivity index (χ2v) is 7.40. The fourth-order valence-electron chi connectivity index (χ4n) is 2.54. The first-order valence-corrected chi connectivity index (χ1v) is 7.76. The third kappa shape index (κ3) is 4.43. The van der Waals surface area contributed by atoms with E-state index < -0.39 is 11.6 Å². The molecule has 0 aromatic rings. The monoisotopic (exact) mass is 298 g/mol. The summed E-state index contributed by atoms with van der Waals surface area (Å²) in [7, 11) is 0. The number of carbonyl (C=O) groups is 2. The Kier molecular flexibility index (Phi) is 5.42. The zero-order chi connectivity index (χ0) is 16.4. The topological polar surface area (TPSA) is 58.6 Å². The fourth-order valence-corrected chi connectivity index (χ4v) is 2.54. The molecule has 2 amide bonds. The summed E-state index contributed by atoms with van der Waals surface area (Å²) in [4.78, 5) is 26.7. The highest BCUT2D eigenvalue weighted by atomic mass is 16.5. The Morgan fingerprint density at radius 1 is 1.33 bits per heavy atom. The quantitative estimate of drug-likeness (QED) is 0.844. The third-order valence-corrected chi connectivity index (χ3v) is 3.89. The molecule has 0 aromatic carbocycles. The number of carbonyl (C=O) groups excluding carboxylic acids is 2. The van der Waals surface area contributed by atoms with E-state index in [9.17, 15) is 9.59 Å². The maximum absolute atomic E-state index is 12.6. The number of rotatable bonds is 5. The van der Waals surface area contributed by atoms with Crippen LogP contribution in [0.3, 0.4) is 0 Å². The maximum Gasteiger partial charge on any atom is 0.248 e. The van der Waals surface area contributed by atoms with Crippen LogP contribution in [0, 0.1) is 5.92 Å². The Balaban J connectivity index is 2.89. The molecule has 1 heterocycles. The standard InChI is InChI=1S/C16H30N2O3/c1-8-11(2)12-13(19)17-16(6,7)14(20)18(12)9-10-21-15(3,4)5/h11-12H,8-10H2,1-7H3,(H,17,19). The number of hydrogen-bond donors (Lipinski definition) is 1. The van der Waals surface area contributed by atoms with Gasteiger partial charge < -0.3 is 15.0 Å². The highest BCUT2D eigenvalue weighted by Crippen LogP contribution is 2.24. The smallest absolute Gasteiger partial charge is 0.248 e. The summed E-state index contributed by atoms with van der Waals surface area (Å²) in [5.41, 5.74) is -1.09. The molecule has 1 N–H and O–H groups in total. The normalized spacial score (nSPS) is 24.0. The number of nitrogens with zero attached hydrogens (tertiary/aromatic N) is 1. The van der Waals surface area contributed by atoms with Crippen LogP contribution in [0.4, 0.5) is 0 Å². The van der Waals surface area contributed by atoms with Gasteiger partial charge >= 0.3 is 0 Å². The lowest BCUT2D eigenvalue weighted by Crippen LogP contribution is -2.69. The van der Waals surface area contributed by atoms with Crippen LogP contribution in [0.1, 0.15) is 54.9 Å². The predicted molar refractivity (Wildman–Crippen MR) is 82.9 cm³/mol. The van der Waals surface area contributed by atoms with Gasteiger partial charge in [-0.2, -0.15) is 0 Å². The zero-order valence-electron chi connectivity index (χ0n) is 14.4. The molecule has 5 heteroatoms. The van der Waals surface area contributed by atoms with E-state index in [1.807, 2.05) is 34.6 Å². The van der Waals surface area contributed by atoms with Gasteiger partial charge in [-0.15, -0.1) is 0 Å². The Hall–Kier alpha value is -1.10. The average Bonchev–Trinajstić information content (AvgIpc) is 2.32. The first kappa shape index (κ1) is 18.0. The van der Waals surface area contributed by atoms with E-state index >= 15 is 0 Å². The first-order chi connectivity index (χ1) is 9.49. The molecule has 0 spiro atoms. The molecule has 0 aromatic heterocycles. The van der Waals surface area contributed by atoms with E-state index in [-0.39, 0.29) is 23.3 Å². The van der Waals surface area contributed by atoms with Crippen LogP contribution < -0.4 is 5.32 Å². The van der Waals surface area contributed by atoms with Crippen molar-refractivity contribution in [1.29, 1.82) is 0 Å². The van der Waals surface area contributed by atoms with E-state index in [0.717, 1.165) is 6.42 Å². The van der Waals surface area contributed by atoms with Crippen LogP contribution in [0.25, 0.3) is 0 Å². The summed E-state index contributed by atoms with van der Waals surface area (Å²) in [5.74, 6) is 0.0225. The largest absolute Gasteiger partial charge is 0.374 e. The van der Waals surface area contributed by atoms with E-state index in [4.69, 9.17) is 4.74 Å². The van der Waals surface area contributed by atoms with E-state index in [1.54, 1.807) is 18.7 Å². The summed E-state index contributed by atoms with van der Waals surface area (Å²) in [6, 6.07) is -0.404. The van der Waals surface area contributed by atoms with Gasteiger partial charge in [-0.3, -0.25) is 9.59 Å². The van der Waals surface area contributed by atoms with Gasteiger partial charge in [0.1, 0.15) is 11.6 Å². The Morgan fingerprint density at radius 2 is 1.90 bits per heavy atom. The lowest BCUT2D eigenvalue weighted by atomic mass is 9.89. The SMILES string of the molecule is CCC(C)C1C(=O)NC(C)(C)C(=O)N1CCOC(C)(C)C. The Labute approximate surface area is 128 Å². The van der Waals surface area contributed by atoms with E-state index in [2.05, 4.69) is 5.32 Å². The van der Waals surface area contributed by atoms with Gasteiger partial charge in [0.15, 0.2) is 0 Å². The molecule has 2 atom stereocenters. The minimum Gasteiger partial charge on any atom is -0.374 e. The van der Waals surface area contributed by atoms with Crippen LogP contribution in [-0.2, 0) is 14.3 Å². The van der Waals surface area contributed by atoms with E-state index in [0.29, 0.717) is 13.2 Å². The van der Waals surface area contributed by atoms with Crippen molar-refractivity contribution in [2.75, 3.05) is 13.2 Å². The highest BCUT2D eigenvalue weighted by Gasteiger charge is 2.46. The summed E-state index contributed by atoms with van der Waals surface area (Å²) in [6.45, 7) is 14.4. The van der Waals surface area contributed by atoms with Crippen molar-refractivity contribution in [3.8, 4) is 0 Å². The molecule has 2 unspecified atom stereocenters. The molecule has 1 aliphatic heterocycles. The molecule has 1 aliphatic rings. The minimum absolute atomic E-state index is 0.0371. The van der Waals surface area contributed by atoms with Gasteiger partial charge in [-0.1, -0.05) is 20.3 Å². The van der Waals surface area contributed by atoms with Crippen LogP contribution in [-0.4, -0.2) is 47.0 Å². The summed E-state index contributed by atoms with van der Waals surface area (Å²) in [5, 5.41) is 2.84. The van der Waals surface area contributed by atoms with Gasteiger partial charge in [-0.25, -0.2) is 0 Å². The van der Waals surface area contributed by atoms with Crippen molar-refractivity contribution in [1.82, 2.24) is 10.2 Å². The fraction of sp³-hybridized carbons (Fsp3) is 0.875. The lowest BCUT2D eigenvalue weighted by molar-refractivity contribution is -0.157. The molecular weight excluding hydrogens is 268 g/mol. The van der Waals surface area contributed by atoms with Crippen molar-refractivity contribution in [2.45, 2.75) is 72.1 Å². The number of nitrogens with one attached hydrogen (secondary N) is 1. The second-order valence-electron chi connectivity index (χ2n) is 7.40. The molecule has 1 saturated heterocycles. The Morgan fingerprint density at radius 3 is 2.38 bits per heavy atom. The number of amides is 2. The number of hydrogen-bond acceptors (Lipinski definition) is 3. The average molecular weight is 298 g/mol. The maximum atomic E-state index is 12.6. The first-order valence-electron chi connectivity index (χ1n) is 7.76. The second kappa shape index (κ2) is 6.34. The van der Waals surface area contributed by atoms with Crippen LogP contribution >= 0.6 is 0 Å². The molecule has 122 valence electrons. The molecule has 1 rings (SSSR count). The Bertz CT molecular complexity index is 399. The summed E-state index contributed by atoms with van der Waals surface area (Å²) >= 11 is 0. The van der Waals surface area contributed by atoms with Crippen LogP contribution in [0.2, 0.25) is 0 Å². The molecule has 21 heavy (non-hydrogen) atoms. The zero-order valence-corrected chi connectivity index (χ0v) is 14.4.